The van der Waals surface area contributed by atoms with Gasteiger partial charge in [-0.05, 0) is 31.7 Å². The van der Waals surface area contributed by atoms with Crippen molar-refractivity contribution in [3.63, 3.8) is 0 Å². The van der Waals surface area contributed by atoms with E-state index in [1.54, 1.807) is 0 Å². The molecule has 4 heteroatoms. The van der Waals surface area contributed by atoms with E-state index < -0.39 is 6.61 Å². The fourth-order valence-corrected chi connectivity index (χ4v) is 3.31. The lowest BCUT2D eigenvalue weighted by Crippen LogP contribution is -2.44. The SMILES string of the molecule is O=C(CO)N[C@H]1CC2(CCCC2)Oc2ccccc21. The van der Waals surface area contributed by atoms with Gasteiger partial charge in [0.15, 0.2) is 0 Å². The summed E-state index contributed by atoms with van der Waals surface area (Å²) in [5.41, 5.74) is 0.892. The monoisotopic (exact) mass is 261 g/mol. The van der Waals surface area contributed by atoms with Crippen LogP contribution in [-0.2, 0) is 4.79 Å². The van der Waals surface area contributed by atoms with E-state index in [1.807, 2.05) is 24.3 Å². The number of benzene rings is 1. The number of hydrogen-bond donors (Lipinski definition) is 2. The van der Waals surface area contributed by atoms with E-state index in [1.165, 1.54) is 12.8 Å². The second-order valence-electron chi connectivity index (χ2n) is 5.51. The van der Waals surface area contributed by atoms with E-state index in [2.05, 4.69) is 5.32 Å². The van der Waals surface area contributed by atoms with E-state index in [-0.39, 0.29) is 17.6 Å². The molecule has 0 bridgehead atoms. The number of fused-ring (bicyclic) bond motifs is 1. The second kappa shape index (κ2) is 4.85. The normalized spacial score (nSPS) is 23.7. The third-order valence-electron chi connectivity index (χ3n) is 4.19. The molecule has 0 radical (unpaired) electrons. The zero-order chi connectivity index (χ0) is 13.3. The van der Waals surface area contributed by atoms with E-state index in [9.17, 15) is 4.79 Å². The predicted octanol–water partition coefficient (Wildman–Crippen LogP) is 1.93. The first-order valence-corrected chi connectivity index (χ1v) is 6.91. The molecule has 1 aromatic carbocycles. The lowest BCUT2D eigenvalue weighted by Gasteiger charge is -2.40. The second-order valence-corrected chi connectivity index (χ2v) is 5.51. The molecule has 2 N–H and O–H groups in total. The summed E-state index contributed by atoms with van der Waals surface area (Å²) in [7, 11) is 0. The Morgan fingerprint density at radius 2 is 2.11 bits per heavy atom. The Balaban J connectivity index is 1.91. The zero-order valence-corrected chi connectivity index (χ0v) is 10.9. The number of nitrogens with one attached hydrogen (secondary N) is 1. The summed E-state index contributed by atoms with van der Waals surface area (Å²) in [5, 5.41) is 11.8. The van der Waals surface area contributed by atoms with Gasteiger partial charge in [-0.15, -0.1) is 0 Å². The van der Waals surface area contributed by atoms with E-state index in [0.29, 0.717) is 0 Å². The highest BCUT2D eigenvalue weighted by molar-refractivity contribution is 5.77. The number of carbonyl (C=O) groups is 1. The quantitative estimate of drug-likeness (QED) is 0.855. The molecule has 102 valence electrons. The molecule has 19 heavy (non-hydrogen) atoms. The summed E-state index contributed by atoms with van der Waals surface area (Å²) in [5.74, 6) is 0.550. The lowest BCUT2D eigenvalue weighted by molar-refractivity contribution is -0.125. The maximum atomic E-state index is 11.5. The fraction of sp³-hybridized carbons (Fsp3) is 0.533. The summed E-state index contributed by atoms with van der Waals surface area (Å²) >= 11 is 0. The average Bonchev–Trinajstić information content (AvgIpc) is 2.86. The Labute approximate surface area is 112 Å². The molecule has 1 aliphatic carbocycles. The summed E-state index contributed by atoms with van der Waals surface area (Å²) in [6.45, 7) is -0.466. The van der Waals surface area contributed by atoms with Crippen LogP contribution in [0.3, 0.4) is 0 Å². The number of hydrogen-bond acceptors (Lipinski definition) is 3. The average molecular weight is 261 g/mol. The molecule has 0 saturated heterocycles. The minimum absolute atomic E-state index is 0.0531. The predicted molar refractivity (Wildman–Crippen MR) is 70.9 cm³/mol. The number of aliphatic hydroxyl groups is 1. The molecule has 0 aromatic heterocycles. The van der Waals surface area contributed by atoms with Crippen LogP contribution in [0.1, 0.15) is 43.7 Å². The van der Waals surface area contributed by atoms with Crippen LogP contribution in [0.5, 0.6) is 5.75 Å². The van der Waals surface area contributed by atoms with E-state index in [4.69, 9.17) is 9.84 Å². The molecular weight excluding hydrogens is 242 g/mol. The van der Waals surface area contributed by atoms with Gasteiger partial charge in [0, 0.05) is 12.0 Å². The highest BCUT2D eigenvalue weighted by Crippen LogP contribution is 2.46. The van der Waals surface area contributed by atoms with Gasteiger partial charge in [0.25, 0.3) is 0 Å². The summed E-state index contributed by atoms with van der Waals surface area (Å²) in [4.78, 5) is 11.5. The van der Waals surface area contributed by atoms with Crippen LogP contribution >= 0.6 is 0 Å². The highest BCUT2D eigenvalue weighted by atomic mass is 16.5. The van der Waals surface area contributed by atoms with Gasteiger partial charge < -0.3 is 15.2 Å². The summed E-state index contributed by atoms with van der Waals surface area (Å²) in [6, 6.07) is 7.80. The van der Waals surface area contributed by atoms with Gasteiger partial charge in [0.1, 0.15) is 18.0 Å². The molecule has 1 aliphatic heterocycles. The van der Waals surface area contributed by atoms with Crippen LogP contribution in [-0.4, -0.2) is 23.2 Å². The first-order chi connectivity index (χ1) is 9.22. The number of aliphatic hydroxyl groups excluding tert-OH is 1. The smallest absolute Gasteiger partial charge is 0.246 e. The van der Waals surface area contributed by atoms with Crippen molar-refractivity contribution in [1.29, 1.82) is 0 Å². The minimum Gasteiger partial charge on any atom is -0.487 e. The largest absolute Gasteiger partial charge is 0.487 e. The number of para-hydroxylation sites is 1. The van der Waals surface area contributed by atoms with Crippen molar-refractivity contribution < 1.29 is 14.6 Å². The number of amides is 1. The van der Waals surface area contributed by atoms with Crippen LogP contribution in [0.2, 0.25) is 0 Å². The molecule has 1 fully saturated rings. The molecule has 1 spiro atoms. The standard InChI is InChI=1S/C15H19NO3/c17-10-14(18)16-12-9-15(7-3-4-8-15)19-13-6-2-1-5-11(12)13/h1-2,5-6,12,17H,3-4,7-10H2,(H,16,18)/t12-/m0/s1. The number of ether oxygens (including phenoxy) is 1. The Hall–Kier alpha value is -1.55. The van der Waals surface area contributed by atoms with E-state index in [0.717, 1.165) is 30.6 Å². The molecule has 1 aromatic rings. The number of carbonyl (C=O) groups excluding carboxylic acids is 1. The Bertz CT molecular complexity index is 480. The summed E-state index contributed by atoms with van der Waals surface area (Å²) in [6.07, 6.45) is 5.26. The molecule has 2 aliphatic rings. The van der Waals surface area contributed by atoms with Crippen LogP contribution in [0, 0.1) is 0 Å². The highest BCUT2D eigenvalue weighted by Gasteiger charge is 2.43. The van der Waals surface area contributed by atoms with Crippen molar-refractivity contribution >= 4 is 5.91 Å². The van der Waals surface area contributed by atoms with Gasteiger partial charge in [-0.1, -0.05) is 18.2 Å². The first-order valence-electron chi connectivity index (χ1n) is 6.91. The Morgan fingerprint density at radius 3 is 2.84 bits per heavy atom. The van der Waals surface area contributed by atoms with E-state index >= 15 is 0 Å². The third kappa shape index (κ3) is 2.32. The van der Waals surface area contributed by atoms with Gasteiger partial charge in [0.2, 0.25) is 5.91 Å². The van der Waals surface area contributed by atoms with Gasteiger partial charge >= 0.3 is 0 Å². The zero-order valence-electron chi connectivity index (χ0n) is 10.9. The molecular formula is C15H19NO3. The maximum absolute atomic E-state index is 11.5. The third-order valence-corrected chi connectivity index (χ3v) is 4.19. The molecule has 3 rings (SSSR count). The van der Waals surface area contributed by atoms with Crippen molar-refractivity contribution in [1.82, 2.24) is 5.32 Å². The van der Waals surface area contributed by atoms with Crippen molar-refractivity contribution in [3.05, 3.63) is 29.8 Å². The van der Waals surface area contributed by atoms with Crippen molar-refractivity contribution in [3.8, 4) is 5.75 Å². The van der Waals surface area contributed by atoms with Crippen LogP contribution < -0.4 is 10.1 Å². The molecule has 1 heterocycles. The number of rotatable bonds is 2. The Morgan fingerprint density at radius 1 is 1.37 bits per heavy atom. The molecule has 4 nitrogen and oxygen atoms in total. The molecule has 1 atom stereocenters. The van der Waals surface area contributed by atoms with Crippen LogP contribution in [0.4, 0.5) is 0 Å². The van der Waals surface area contributed by atoms with Gasteiger partial charge in [-0.3, -0.25) is 4.79 Å². The maximum Gasteiger partial charge on any atom is 0.246 e. The van der Waals surface area contributed by atoms with Gasteiger partial charge in [-0.25, -0.2) is 0 Å². The van der Waals surface area contributed by atoms with Crippen molar-refractivity contribution in [2.75, 3.05) is 6.61 Å². The van der Waals surface area contributed by atoms with Gasteiger partial charge in [-0.2, -0.15) is 0 Å². The molecule has 0 unspecified atom stereocenters. The topological polar surface area (TPSA) is 58.6 Å². The van der Waals surface area contributed by atoms with Gasteiger partial charge in [0.05, 0.1) is 6.04 Å². The minimum atomic E-state index is -0.466. The lowest BCUT2D eigenvalue weighted by atomic mass is 9.86. The summed E-state index contributed by atoms with van der Waals surface area (Å²) < 4.78 is 6.21. The first kappa shape index (κ1) is 12.5. The Kier molecular flexibility index (Phi) is 3.19. The van der Waals surface area contributed by atoms with Crippen LogP contribution in [0.15, 0.2) is 24.3 Å². The van der Waals surface area contributed by atoms with Crippen molar-refractivity contribution in [2.45, 2.75) is 43.7 Å². The molecule has 1 saturated carbocycles. The van der Waals surface area contributed by atoms with Crippen molar-refractivity contribution in [2.24, 2.45) is 0 Å². The fourth-order valence-electron chi connectivity index (χ4n) is 3.31. The van der Waals surface area contributed by atoms with Crippen LogP contribution in [0.25, 0.3) is 0 Å². The molecule has 1 amide bonds.